The zero-order valence-corrected chi connectivity index (χ0v) is 12.9. The van der Waals surface area contributed by atoms with Gasteiger partial charge in [0.1, 0.15) is 0 Å². The topological polar surface area (TPSA) is 37.8 Å². The third-order valence-corrected chi connectivity index (χ3v) is 3.72. The van der Waals surface area contributed by atoms with Gasteiger partial charge in [0.2, 0.25) is 0 Å². The van der Waals surface area contributed by atoms with Crippen LogP contribution >= 0.6 is 0 Å². The van der Waals surface area contributed by atoms with Crippen molar-refractivity contribution in [2.45, 2.75) is 46.7 Å². The number of nitrogens with zero attached hydrogens (tertiary/aromatic N) is 2. The maximum absolute atomic E-state index is 4.59. The predicted octanol–water partition coefficient (Wildman–Crippen LogP) is 3.81. The summed E-state index contributed by atoms with van der Waals surface area (Å²) in [5, 5.41) is 3.65. The minimum absolute atomic E-state index is 0.270. The highest BCUT2D eigenvalue weighted by Gasteiger charge is 2.15. The van der Waals surface area contributed by atoms with Crippen molar-refractivity contribution in [1.82, 2.24) is 15.3 Å². The molecule has 106 valence electrons. The molecule has 0 saturated carbocycles. The second kappa shape index (κ2) is 6.14. The van der Waals surface area contributed by atoms with E-state index >= 15 is 0 Å². The first-order valence-corrected chi connectivity index (χ1v) is 7.09. The molecule has 0 aliphatic carbocycles. The van der Waals surface area contributed by atoms with Crippen molar-refractivity contribution >= 4 is 0 Å². The van der Waals surface area contributed by atoms with Gasteiger partial charge in [-0.05, 0) is 69.5 Å². The quantitative estimate of drug-likeness (QED) is 0.917. The summed E-state index contributed by atoms with van der Waals surface area (Å²) in [5.41, 5.74) is 6.05. The van der Waals surface area contributed by atoms with Gasteiger partial charge in [0.15, 0.2) is 0 Å². The predicted molar refractivity (Wildman–Crippen MR) is 82.7 cm³/mol. The Bertz CT molecular complexity index is 555. The molecule has 1 N–H and O–H groups in total. The summed E-state index contributed by atoms with van der Waals surface area (Å²) in [7, 11) is 0. The fraction of sp³-hybridized carbons (Fsp3) is 0.412. The van der Waals surface area contributed by atoms with Crippen LogP contribution in [0, 0.1) is 20.8 Å². The summed E-state index contributed by atoms with van der Waals surface area (Å²) in [6.45, 7) is 10.7. The van der Waals surface area contributed by atoms with Gasteiger partial charge in [0.25, 0.3) is 0 Å². The van der Waals surface area contributed by atoms with E-state index in [1.54, 1.807) is 0 Å². The Kier molecular flexibility index (Phi) is 4.50. The fourth-order valence-electron chi connectivity index (χ4n) is 2.89. The van der Waals surface area contributed by atoms with Gasteiger partial charge < -0.3 is 5.32 Å². The molecule has 0 aliphatic heterocycles. The Morgan fingerprint density at radius 2 is 1.65 bits per heavy atom. The minimum Gasteiger partial charge on any atom is -0.304 e. The zero-order chi connectivity index (χ0) is 14.7. The standard InChI is InChI=1S/C17H23N3/c1-11-10-12(2)19-14(4)17(11)15(5)20-13(3)16-6-8-18-9-7-16/h6-10,13,15,20H,1-5H3. The van der Waals surface area contributed by atoms with Crippen molar-refractivity contribution in [3.05, 3.63) is 58.7 Å². The molecule has 2 atom stereocenters. The van der Waals surface area contributed by atoms with Crippen molar-refractivity contribution < 1.29 is 0 Å². The summed E-state index contributed by atoms with van der Waals surface area (Å²) in [6.07, 6.45) is 3.67. The lowest BCUT2D eigenvalue weighted by atomic mass is 9.99. The van der Waals surface area contributed by atoms with Crippen LogP contribution in [0.3, 0.4) is 0 Å². The summed E-state index contributed by atoms with van der Waals surface area (Å²) in [5.74, 6) is 0. The van der Waals surface area contributed by atoms with Crippen LogP contribution in [0.5, 0.6) is 0 Å². The Hall–Kier alpha value is -1.74. The number of rotatable bonds is 4. The Morgan fingerprint density at radius 3 is 2.25 bits per heavy atom. The molecule has 2 aromatic rings. The first kappa shape index (κ1) is 14.7. The molecule has 0 aromatic carbocycles. The smallest absolute Gasteiger partial charge is 0.0426 e. The lowest BCUT2D eigenvalue weighted by molar-refractivity contribution is 0.490. The minimum atomic E-state index is 0.270. The first-order valence-electron chi connectivity index (χ1n) is 7.09. The molecule has 0 radical (unpaired) electrons. The van der Waals surface area contributed by atoms with Crippen LogP contribution in [0.2, 0.25) is 0 Å². The number of hydrogen-bond acceptors (Lipinski definition) is 3. The molecule has 0 amide bonds. The van der Waals surface area contributed by atoms with Crippen LogP contribution in [0.4, 0.5) is 0 Å². The number of pyridine rings is 2. The SMILES string of the molecule is Cc1cc(C)c(C(C)NC(C)c2ccncc2)c(C)n1. The van der Waals surface area contributed by atoms with Gasteiger partial charge in [-0.2, -0.15) is 0 Å². The second-order valence-corrected chi connectivity index (χ2v) is 5.47. The van der Waals surface area contributed by atoms with Gasteiger partial charge in [0.05, 0.1) is 0 Å². The maximum Gasteiger partial charge on any atom is 0.0426 e. The lowest BCUT2D eigenvalue weighted by Crippen LogP contribution is -2.24. The molecule has 2 unspecified atom stereocenters. The first-order chi connectivity index (χ1) is 9.49. The Balaban J connectivity index is 2.19. The summed E-state index contributed by atoms with van der Waals surface area (Å²) >= 11 is 0. The molecule has 0 bridgehead atoms. The number of aryl methyl sites for hydroxylation is 3. The van der Waals surface area contributed by atoms with E-state index < -0.39 is 0 Å². The van der Waals surface area contributed by atoms with Crippen molar-refractivity contribution in [1.29, 1.82) is 0 Å². The molecule has 20 heavy (non-hydrogen) atoms. The van der Waals surface area contributed by atoms with Crippen LogP contribution < -0.4 is 5.32 Å². The molecule has 0 spiro atoms. The highest BCUT2D eigenvalue weighted by atomic mass is 14.9. The molecule has 2 rings (SSSR count). The highest BCUT2D eigenvalue weighted by molar-refractivity contribution is 5.33. The maximum atomic E-state index is 4.59. The van der Waals surface area contributed by atoms with Gasteiger partial charge in [-0.15, -0.1) is 0 Å². The van der Waals surface area contributed by atoms with Crippen LogP contribution in [0.25, 0.3) is 0 Å². The molecule has 0 aliphatic rings. The second-order valence-electron chi connectivity index (χ2n) is 5.47. The molecule has 0 fully saturated rings. The molecule has 3 nitrogen and oxygen atoms in total. The van der Waals surface area contributed by atoms with E-state index in [1.165, 1.54) is 16.7 Å². The van der Waals surface area contributed by atoms with Crippen molar-refractivity contribution in [3.63, 3.8) is 0 Å². The van der Waals surface area contributed by atoms with Crippen molar-refractivity contribution in [3.8, 4) is 0 Å². The lowest BCUT2D eigenvalue weighted by Gasteiger charge is -2.23. The van der Waals surface area contributed by atoms with Gasteiger partial charge in [0, 0.05) is 35.9 Å². The number of aromatic nitrogens is 2. The van der Waals surface area contributed by atoms with Crippen molar-refractivity contribution in [2.75, 3.05) is 0 Å². The zero-order valence-electron chi connectivity index (χ0n) is 12.9. The van der Waals surface area contributed by atoms with E-state index in [0.717, 1.165) is 11.4 Å². The highest BCUT2D eigenvalue weighted by Crippen LogP contribution is 2.24. The average molecular weight is 269 g/mol. The van der Waals surface area contributed by atoms with E-state index in [9.17, 15) is 0 Å². The monoisotopic (exact) mass is 269 g/mol. The summed E-state index contributed by atoms with van der Waals surface area (Å²) < 4.78 is 0. The van der Waals surface area contributed by atoms with E-state index in [2.05, 4.69) is 61.2 Å². The Labute approximate surface area is 121 Å². The normalized spacial score (nSPS) is 14.1. The van der Waals surface area contributed by atoms with E-state index in [0.29, 0.717) is 0 Å². The largest absolute Gasteiger partial charge is 0.304 e. The van der Waals surface area contributed by atoms with Crippen LogP contribution in [0.1, 0.15) is 54.0 Å². The van der Waals surface area contributed by atoms with Crippen LogP contribution in [-0.2, 0) is 0 Å². The molecular formula is C17H23N3. The van der Waals surface area contributed by atoms with E-state index in [4.69, 9.17) is 0 Å². The van der Waals surface area contributed by atoms with Gasteiger partial charge >= 0.3 is 0 Å². The fourth-order valence-corrected chi connectivity index (χ4v) is 2.89. The van der Waals surface area contributed by atoms with Crippen LogP contribution in [0.15, 0.2) is 30.6 Å². The van der Waals surface area contributed by atoms with Crippen LogP contribution in [-0.4, -0.2) is 9.97 Å². The van der Waals surface area contributed by atoms with E-state index in [1.807, 2.05) is 19.3 Å². The molecular weight excluding hydrogens is 246 g/mol. The number of nitrogens with one attached hydrogen (secondary N) is 1. The average Bonchev–Trinajstić information content (AvgIpc) is 2.38. The molecule has 0 saturated heterocycles. The molecule has 3 heteroatoms. The summed E-state index contributed by atoms with van der Waals surface area (Å²) in [6, 6.07) is 6.81. The van der Waals surface area contributed by atoms with Gasteiger partial charge in [-0.25, -0.2) is 0 Å². The Morgan fingerprint density at radius 1 is 1.00 bits per heavy atom. The third-order valence-electron chi connectivity index (χ3n) is 3.72. The molecule has 2 aromatic heterocycles. The van der Waals surface area contributed by atoms with Gasteiger partial charge in [-0.3, -0.25) is 9.97 Å². The number of hydrogen-bond donors (Lipinski definition) is 1. The molecule has 2 heterocycles. The van der Waals surface area contributed by atoms with Crippen molar-refractivity contribution in [2.24, 2.45) is 0 Å². The summed E-state index contributed by atoms with van der Waals surface area (Å²) in [4.78, 5) is 8.65. The third kappa shape index (κ3) is 3.23. The van der Waals surface area contributed by atoms with E-state index in [-0.39, 0.29) is 12.1 Å². The van der Waals surface area contributed by atoms with Gasteiger partial charge in [-0.1, -0.05) is 0 Å².